The van der Waals surface area contributed by atoms with E-state index in [9.17, 15) is 14.9 Å². The molecular weight excluding hydrogens is 446 g/mol. The lowest BCUT2D eigenvalue weighted by atomic mass is 9.84. The van der Waals surface area contributed by atoms with Crippen LogP contribution < -0.4 is 4.74 Å². The van der Waals surface area contributed by atoms with Crippen molar-refractivity contribution in [3.8, 4) is 16.9 Å². The number of fused-ring (bicyclic) bond motifs is 1. The van der Waals surface area contributed by atoms with Gasteiger partial charge < -0.3 is 14.2 Å². The zero-order valence-corrected chi connectivity index (χ0v) is 20.9. The molecule has 4 rings (SSSR count). The minimum Gasteiger partial charge on any atom is -0.493 e. The second-order valence-corrected chi connectivity index (χ2v) is 10.3. The van der Waals surface area contributed by atoms with Crippen molar-refractivity contribution in [2.75, 3.05) is 13.2 Å². The van der Waals surface area contributed by atoms with Gasteiger partial charge in [0.05, 0.1) is 23.2 Å². The maximum Gasteiger partial charge on any atom is 0.311 e. The molecule has 0 N–H and O–H groups in total. The smallest absolute Gasteiger partial charge is 0.311 e. The summed E-state index contributed by atoms with van der Waals surface area (Å²) in [6, 6.07) is 7.82. The Morgan fingerprint density at radius 1 is 1.31 bits per heavy atom. The average Bonchev–Trinajstić information content (AvgIpc) is 3.65. The summed E-state index contributed by atoms with van der Waals surface area (Å²) in [5.74, 6) is 0.760. The lowest BCUT2D eigenvalue weighted by Gasteiger charge is -2.26. The Labute approximate surface area is 206 Å². The topological polar surface area (TPSA) is 87.9 Å². The van der Waals surface area contributed by atoms with Crippen molar-refractivity contribution in [1.29, 1.82) is 0 Å². The monoisotopic (exact) mass is 479 g/mol. The first-order valence-corrected chi connectivity index (χ1v) is 12.1. The van der Waals surface area contributed by atoms with Crippen LogP contribution in [-0.4, -0.2) is 24.1 Å². The molecule has 1 aliphatic heterocycles. The van der Waals surface area contributed by atoms with Crippen molar-refractivity contribution in [2.45, 2.75) is 65.4 Å². The summed E-state index contributed by atoms with van der Waals surface area (Å²) in [4.78, 5) is 24.2. The molecule has 7 nitrogen and oxygen atoms in total. The van der Waals surface area contributed by atoms with E-state index < -0.39 is 11.5 Å². The quantitative estimate of drug-likeness (QED) is 0.184. The van der Waals surface area contributed by atoms with Crippen LogP contribution in [0.5, 0.6) is 5.75 Å². The first-order chi connectivity index (χ1) is 16.6. The number of aryl methyl sites for hydroxylation is 1. The second-order valence-electron chi connectivity index (χ2n) is 10.3. The van der Waals surface area contributed by atoms with E-state index in [1.54, 1.807) is 33.8 Å². The van der Waals surface area contributed by atoms with Gasteiger partial charge in [-0.3, -0.25) is 14.9 Å². The van der Waals surface area contributed by atoms with Crippen LogP contribution in [0.15, 0.2) is 37.1 Å². The highest BCUT2D eigenvalue weighted by Gasteiger charge is 2.35. The number of benzene rings is 2. The van der Waals surface area contributed by atoms with E-state index >= 15 is 0 Å². The van der Waals surface area contributed by atoms with Gasteiger partial charge in [0.2, 0.25) is 0 Å². The first kappa shape index (κ1) is 24.8. The second kappa shape index (κ2) is 9.72. The molecule has 0 radical (unpaired) electrons. The van der Waals surface area contributed by atoms with E-state index in [1.165, 1.54) is 6.26 Å². The minimum absolute atomic E-state index is 0.0479. The van der Waals surface area contributed by atoms with Gasteiger partial charge in [0.25, 0.3) is 5.69 Å². The summed E-state index contributed by atoms with van der Waals surface area (Å²) in [7, 11) is 0. The number of carbonyl (C=O) groups is 1. The number of esters is 1. The van der Waals surface area contributed by atoms with E-state index in [-0.39, 0.29) is 29.1 Å². The van der Waals surface area contributed by atoms with Crippen LogP contribution in [0, 0.1) is 22.5 Å². The number of carbonyl (C=O) groups excluding carboxylic acids is 1. The lowest BCUT2D eigenvalue weighted by molar-refractivity contribution is -0.385. The Bertz CT molecular complexity index is 1160. The number of hydrogen-bond donors (Lipinski definition) is 0. The predicted molar refractivity (Wildman–Crippen MR) is 133 cm³/mol. The van der Waals surface area contributed by atoms with E-state index in [0.717, 1.165) is 53.7 Å². The Hall–Kier alpha value is -3.35. The molecule has 0 saturated heterocycles. The van der Waals surface area contributed by atoms with Crippen LogP contribution in [0.25, 0.3) is 11.1 Å². The van der Waals surface area contributed by atoms with Crippen molar-refractivity contribution in [1.82, 2.24) is 0 Å². The van der Waals surface area contributed by atoms with Crippen LogP contribution in [0.1, 0.15) is 74.3 Å². The van der Waals surface area contributed by atoms with Crippen LogP contribution >= 0.6 is 0 Å². The number of nitro benzene ring substituents is 1. The first-order valence-electron chi connectivity index (χ1n) is 12.1. The fourth-order valence-electron chi connectivity index (χ4n) is 4.63. The van der Waals surface area contributed by atoms with Crippen LogP contribution in [0.4, 0.5) is 5.69 Å². The van der Waals surface area contributed by atoms with Crippen molar-refractivity contribution in [3.05, 3.63) is 69.5 Å². The molecule has 1 fully saturated rings. The molecule has 1 saturated carbocycles. The number of nitro groups is 1. The normalized spacial score (nSPS) is 16.0. The third-order valence-electron chi connectivity index (χ3n) is 6.61. The Balaban J connectivity index is 1.90. The molecule has 186 valence electrons. The van der Waals surface area contributed by atoms with Crippen molar-refractivity contribution in [2.24, 2.45) is 5.41 Å². The summed E-state index contributed by atoms with van der Waals surface area (Å²) in [6.07, 6.45) is 4.38. The van der Waals surface area contributed by atoms with Crippen LogP contribution in [-0.2, 0) is 20.7 Å². The van der Waals surface area contributed by atoms with E-state index in [1.807, 2.05) is 12.1 Å². The van der Waals surface area contributed by atoms with E-state index in [0.29, 0.717) is 17.7 Å². The molecule has 0 spiro atoms. The highest BCUT2D eigenvalue weighted by molar-refractivity contribution is 5.79. The Morgan fingerprint density at radius 3 is 2.69 bits per heavy atom. The Kier molecular flexibility index (Phi) is 6.88. The van der Waals surface area contributed by atoms with Gasteiger partial charge in [0, 0.05) is 17.2 Å². The van der Waals surface area contributed by atoms with Gasteiger partial charge in [0.1, 0.15) is 12.4 Å². The van der Waals surface area contributed by atoms with Gasteiger partial charge in [0.15, 0.2) is 6.10 Å². The highest BCUT2D eigenvalue weighted by atomic mass is 16.6. The van der Waals surface area contributed by atoms with Gasteiger partial charge in [-0.15, -0.1) is 0 Å². The molecule has 1 heterocycles. The van der Waals surface area contributed by atoms with E-state index in [4.69, 9.17) is 14.2 Å². The summed E-state index contributed by atoms with van der Waals surface area (Å²) in [6.45, 7) is 11.4. The van der Waals surface area contributed by atoms with Crippen molar-refractivity contribution < 1.29 is 23.9 Å². The SMILES string of the molecule is C=COC(COC(=O)C(C)(C)C)c1c(C)c([N+](=O)[O-])cc(C2CC2)c1-c1ccc2c(c1)CCCO2. The molecule has 2 aliphatic rings. The largest absolute Gasteiger partial charge is 0.493 e. The summed E-state index contributed by atoms with van der Waals surface area (Å²) in [5.41, 5.74) is 4.48. The fraction of sp³-hybridized carbons (Fsp3) is 0.464. The summed E-state index contributed by atoms with van der Waals surface area (Å²) >= 11 is 0. The van der Waals surface area contributed by atoms with Gasteiger partial charge in [-0.2, -0.15) is 0 Å². The molecule has 7 heteroatoms. The zero-order valence-electron chi connectivity index (χ0n) is 20.9. The van der Waals surface area contributed by atoms with Gasteiger partial charge >= 0.3 is 5.97 Å². The molecule has 1 atom stereocenters. The van der Waals surface area contributed by atoms with Gasteiger partial charge in [-0.1, -0.05) is 12.6 Å². The molecular formula is C28H33NO6. The van der Waals surface area contributed by atoms with E-state index in [2.05, 4.69) is 12.6 Å². The average molecular weight is 480 g/mol. The van der Waals surface area contributed by atoms with Crippen LogP contribution in [0.3, 0.4) is 0 Å². The summed E-state index contributed by atoms with van der Waals surface area (Å²) < 4.78 is 17.3. The third kappa shape index (κ3) is 5.19. The summed E-state index contributed by atoms with van der Waals surface area (Å²) in [5, 5.41) is 12.0. The number of nitrogens with zero attached hydrogens (tertiary/aromatic N) is 1. The standard InChI is InChI=1S/C28H33NO6/c1-6-33-24(16-35-27(30)28(3,4)5)25-17(2)22(29(31)32)15-21(18-9-10-18)26(25)20-11-12-23-19(14-20)8-7-13-34-23/h6,11-12,14-15,18,24H,1,7-10,13,16H2,2-5H3. The number of rotatable bonds is 8. The zero-order chi connectivity index (χ0) is 25.3. The van der Waals surface area contributed by atoms with Gasteiger partial charge in [-0.25, -0.2) is 0 Å². The molecule has 2 aromatic carbocycles. The Morgan fingerprint density at radius 2 is 2.06 bits per heavy atom. The number of ether oxygens (including phenoxy) is 3. The third-order valence-corrected chi connectivity index (χ3v) is 6.61. The highest BCUT2D eigenvalue weighted by Crippen LogP contribution is 2.50. The van der Waals surface area contributed by atoms with Crippen molar-refractivity contribution >= 4 is 11.7 Å². The molecule has 0 aromatic heterocycles. The molecule has 0 amide bonds. The minimum atomic E-state index is -0.738. The van der Waals surface area contributed by atoms with Crippen molar-refractivity contribution in [3.63, 3.8) is 0 Å². The molecule has 1 unspecified atom stereocenters. The molecule has 0 bridgehead atoms. The molecule has 2 aromatic rings. The maximum atomic E-state index is 12.5. The lowest BCUT2D eigenvalue weighted by Crippen LogP contribution is -2.26. The number of hydrogen-bond acceptors (Lipinski definition) is 6. The molecule has 1 aliphatic carbocycles. The molecule has 35 heavy (non-hydrogen) atoms. The van der Waals surface area contributed by atoms with Crippen LogP contribution in [0.2, 0.25) is 0 Å². The van der Waals surface area contributed by atoms with Gasteiger partial charge in [-0.05, 0) is 93.7 Å². The predicted octanol–water partition coefficient (Wildman–Crippen LogP) is 6.56. The fourth-order valence-corrected chi connectivity index (χ4v) is 4.63. The maximum absolute atomic E-state index is 12.5.